The summed E-state index contributed by atoms with van der Waals surface area (Å²) in [4.78, 5) is 40.1. The van der Waals surface area contributed by atoms with Crippen molar-refractivity contribution in [1.29, 1.82) is 0 Å². The quantitative estimate of drug-likeness (QED) is 0.418. The normalized spacial score (nSPS) is 13.5. The molecule has 2 heterocycles. The van der Waals surface area contributed by atoms with Crippen molar-refractivity contribution in [2.45, 2.75) is 46.1 Å². The van der Waals surface area contributed by atoms with Crippen molar-refractivity contribution in [1.82, 2.24) is 9.58 Å². The Labute approximate surface area is 196 Å². The van der Waals surface area contributed by atoms with Gasteiger partial charge in [-0.1, -0.05) is 6.07 Å². The molecule has 0 saturated heterocycles. The van der Waals surface area contributed by atoms with Gasteiger partial charge in [-0.25, -0.2) is 8.78 Å². The molecule has 2 aromatic rings. The van der Waals surface area contributed by atoms with Gasteiger partial charge in [-0.3, -0.25) is 24.1 Å². The summed E-state index contributed by atoms with van der Waals surface area (Å²) in [6, 6.07) is 3.06. The van der Waals surface area contributed by atoms with Crippen molar-refractivity contribution in [2.24, 2.45) is 0 Å². The fourth-order valence-electron chi connectivity index (χ4n) is 3.80. The highest BCUT2D eigenvalue weighted by Gasteiger charge is 2.33. The van der Waals surface area contributed by atoms with Crippen molar-refractivity contribution >= 4 is 11.7 Å². The number of aromatic nitrogens is 1. The number of aromatic hydroxyl groups is 1. The van der Waals surface area contributed by atoms with Crippen LogP contribution in [-0.4, -0.2) is 58.8 Å². The molecule has 8 nitrogen and oxygen atoms in total. The van der Waals surface area contributed by atoms with E-state index in [4.69, 9.17) is 4.74 Å². The molecule has 0 unspecified atom stereocenters. The lowest BCUT2D eigenvalue weighted by atomic mass is 10.0. The van der Waals surface area contributed by atoms with Gasteiger partial charge in [0.2, 0.25) is 5.43 Å². The van der Waals surface area contributed by atoms with Gasteiger partial charge in [0, 0.05) is 38.4 Å². The van der Waals surface area contributed by atoms with E-state index in [1.807, 2.05) is 20.8 Å². The Morgan fingerprint density at radius 3 is 2.62 bits per heavy atom. The van der Waals surface area contributed by atoms with Gasteiger partial charge in [0.1, 0.15) is 18.3 Å². The number of hydrogen-bond acceptors (Lipinski definition) is 6. The summed E-state index contributed by atoms with van der Waals surface area (Å²) in [6.45, 7) is 7.17. The zero-order chi connectivity index (χ0) is 25.0. The molecule has 10 heteroatoms. The van der Waals surface area contributed by atoms with Gasteiger partial charge in [-0.15, -0.1) is 0 Å². The molecular formula is C24H29F2N3O5. The average molecular weight is 478 g/mol. The molecule has 184 valence electrons. The monoisotopic (exact) mass is 477 g/mol. The summed E-state index contributed by atoms with van der Waals surface area (Å²) >= 11 is 0. The number of ketones is 1. The van der Waals surface area contributed by atoms with E-state index in [2.05, 4.69) is 0 Å². The molecule has 1 aromatic carbocycles. The number of rotatable bonds is 10. The second-order valence-electron chi connectivity index (χ2n) is 8.38. The number of nitrogens with zero attached hydrogens (tertiary/aromatic N) is 3. The SMILES string of the molecule is CCN1CN(CCCOC(C)C)C(=O)c2c(O)c(=O)c(C(=O)CCc3ccc(F)cc3F)cn21. The van der Waals surface area contributed by atoms with Crippen LogP contribution in [0.5, 0.6) is 5.75 Å². The maximum atomic E-state index is 13.9. The van der Waals surface area contributed by atoms with Crippen LogP contribution in [0.3, 0.4) is 0 Å². The Morgan fingerprint density at radius 1 is 1.24 bits per heavy atom. The molecule has 1 aliphatic rings. The van der Waals surface area contributed by atoms with Crippen LogP contribution in [0.4, 0.5) is 8.78 Å². The summed E-state index contributed by atoms with van der Waals surface area (Å²) in [7, 11) is 0. The van der Waals surface area contributed by atoms with Crippen LogP contribution in [-0.2, 0) is 11.2 Å². The van der Waals surface area contributed by atoms with E-state index in [0.29, 0.717) is 26.1 Å². The summed E-state index contributed by atoms with van der Waals surface area (Å²) < 4.78 is 33.8. The van der Waals surface area contributed by atoms with Crippen LogP contribution in [0.2, 0.25) is 0 Å². The Bertz CT molecular complexity index is 1130. The topological polar surface area (TPSA) is 92.1 Å². The summed E-state index contributed by atoms with van der Waals surface area (Å²) in [5.74, 6) is -3.44. The van der Waals surface area contributed by atoms with Crippen LogP contribution in [0, 0.1) is 11.6 Å². The lowest BCUT2D eigenvalue weighted by Gasteiger charge is -2.39. The first-order valence-electron chi connectivity index (χ1n) is 11.3. The molecule has 1 N–H and O–H groups in total. The van der Waals surface area contributed by atoms with E-state index in [0.717, 1.165) is 12.1 Å². The number of fused-ring (bicyclic) bond motifs is 1. The van der Waals surface area contributed by atoms with Gasteiger partial charge in [0.15, 0.2) is 17.2 Å². The minimum atomic E-state index is -0.953. The Morgan fingerprint density at radius 2 is 1.97 bits per heavy atom. The molecule has 0 radical (unpaired) electrons. The van der Waals surface area contributed by atoms with Gasteiger partial charge in [-0.05, 0) is 45.2 Å². The van der Waals surface area contributed by atoms with E-state index in [1.54, 1.807) is 5.01 Å². The second kappa shape index (κ2) is 10.8. The lowest BCUT2D eigenvalue weighted by Crippen LogP contribution is -2.54. The third-order valence-electron chi connectivity index (χ3n) is 5.62. The molecule has 0 aliphatic carbocycles. The molecule has 1 aliphatic heterocycles. The first-order chi connectivity index (χ1) is 16.1. The van der Waals surface area contributed by atoms with Gasteiger partial charge >= 0.3 is 0 Å². The zero-order valence-corrected chi connectivity index (χ0v) is 19.5. The number of carbonyl (C=O) groups excluding carboxylic acids is 2. The number of pyridine rings is 1. The molecule has 1 aromatic heterocycles. The van der Waals surface area contributed by atoms with E-state index in [1.165, 1.54) is 21.8 Å². The highest BCUT2D eigenvalue weighted by atomic mass is 19.1. The van der Waals surface area contributed by atoms with Crippen molar-refractivity contribution in [3.63, 3.8) is 0 Å². The van der Waals surface area contributed by atoms with Gasteiger partial charge in [-0.2, -0.15) is 0 Å². The minimum Gasteiger partial charge on any atom is -0.502 e. The zero-order valence-electron chi connectivity index (χ0n) is 19.5. The van der Waals surface area contributed by atoms with Crippen LogP contribution >= 0.6 is 0 Å². The number of hydrogen-bond donors (Lipinski definition) is 1. The van der Waals surface area contributed by atoms with Crippen LogP contribution in [0.15, 0.2) is 29.2 Å². The van der Waals surface area contributed by atoms with Crippen molar-refractivity contribution < 1.29 is 28.2 Å². The predicted molar refractivity (Wildman–Crippen MR) is 122 cm³/mol. The van der Waals surface area contributed by atoms with Crippen LogP contribution in [0.25, 0.3) is 0 Å². The molecular weight excluding hydrogens is 448 g/mol. The number of halogens is 2. The molecule has 1 amide bonds. The first-order valence-corrected chi connectivity index (χ1v) is 11.3. The molecule has 0 saturated carbocycles. The standard InChI is InChI=1S/C24H29F2N3O5/c1-4-28-14-27(10-5-11-34-15(2)3)24(33)21-23(32)22(31)18(13-29(21)28)20(30)9-7-16-6-8-17(25)12-19(16)26/h6,8,12-13,15,32H,4-5,7,9-11,14H2,1-3H3. The lowest BCUT2D eigenvalue weighted by molar-refractivity contribution is 0.0569. The number of amides is 1. The fourth-order valence-corrected chi connectivity index (χ4v) is 3.80. The second-order valence-corrected chi connectivity index (χ2v) is 8.38. The highest BCUT2D eigenvalue weighted by Crippen LogP contribution is 2.22. The summed E-state index contributed by atoms with van der Waals surface area (Å²) in [6.07, 6.45) is 1.64. The highest BCUT2D eigenvalue weighted by molar-refractivity contribution is 6.00. The van der Waals surface area contributed by atoms with Crippen LogP contribution < -0.4 is 10.4 Å². The summed E-state index contributed by atoms with van der Waals surface area (Å²) in [5, 5.41) is 12.3. The summed E-state index contributed by atoms with van der Waals surface area (Å²) in [5.41, 5.74) is -1.32. The Balaban J connectivity index is 1.83. The number of benzene rings is 1. The largest absolute Gasteiger partial charge is 0.502 e. The Hall–Kier alpha value is -3.27. The molecule has 0 fully saturated rings. The third kappa shape index (κ3) is 5.44. The number of aryl methyl sites for hydroxylation is 1. The van der Waals surface area contributed by atoms with Gasteiger partial charge < -0.3 is 14.7 Å². The van der Waals surface area contributed by atoms with Gasteiger partial charge in [0.05, 0.1) is 11.7 Å². The third-order valence-corrected chi connectivity index (χ3v) is 5.62. The molecule has 0 bridgehead atoms. The first kappa shape index (κ1) is 25.4. The van der Waals surface area contributed by atoms with Crippen molar-refractivity contribution in [2.75, 3.05) is 31.4 Å². The molecule has 3 rings (SSSR count). The van der Waals surface area contributed by atoms with Gasteiger partial charge in [0.25, 0.3) is 5.91 Å². The Kier molecular flexibility index (Phi) is 8.03. The predicted octanol–water partition coefficient (Wildman–Crippen LogP) is 2.83. The average Bonchev–Trinajstić information content (AvgIpc) is 2.79. The van der Waals surface area contributed by atoms with Crippen molar-refractivity contribution in [3.05, 3.63) is 63.1 Å². The van der Waals surface area contributed by atoms with E-state index >= 15 is 0 Å². The maximum Gasteiger partial charge on any atom is 0.277 e. The number of ether oxygens (including phenoxy) is 1. The van der Waals surface area contributed by atoms with E-state index in [-0.39, 0.29) is 42.4 Å². The van der Waals surface area contributed by atoms with E-state index in [9.17, 15) is 28.3 Å². The van der Waals surface area contributed by atoms with Crippen LogP contribution in [0.1, 0.15) is 60.0 Å². The molecule has 0 atom stereocenters. The number of carbonyl (C=O) groups is 2. The molecule has 0 spiro atoms. The van der Waals surface area contributed by atoms with E-state index < -0.39 is 34.5 Å². The smallest absolute Gasteiger partial charge is 0.277 e. The van der Waals surface area contributed by atoms with Crippen molar-refractivity contribution in [3.8, 4) is 5.75 Å². The number of Topliss-reactive ketones (excluding diaryl/α,β-unsaturated/α-hetero) is 1. The fraction of sp³-hybridized carbons (Fsp3) is 0.458. The minimum absolute atomic E-state index is 0.0461. The maximum absolute atomic E-state index is 13.9. The molecule has 34 heavy (non-hydrogen) atoms.